The standard InChI is InChI=1S/C20H18N4O2/c1-24-11-10-22-19(24)18(16-8-3-4-9-17(16)26-2)23-20(25)15-7-5-6-14(12-15)13-21/h3-12,18H,1-2H3,(H,23,25)/t18-/m0/s1. The maximum atomic E-state index is 12.8. The number of nitriles is 1. The molecular formula is C20H18N4O2. The van der Waals surface area contributed by atoms with E-state index < -0.39 is 6.04 Å². The molecule has 3 rings (SSSR count). The number of hydrogen-bond acceptors (Lipinski definition) is 4. The number of aromatic nitrogens is 2. The van der Waals surface area contributed by atoms with E-state index in [1.54, 1.807) is 37.6 Å². The molecule has 1 aromatic heterocycles. The van der Waals surface area contributed by atoms with Gasteiger partial charge in [0, 0.05) is 30.6 Å². The van der Waals surface area contributed by atoms with Crippen molar-refractivity contribution in [1.82, 2.24) is 14.9 Å². The largest absolute Gasteiger partial charge is 0.496 e. The molecule has 26 heavy (non-hydrogen) atoms. The van der Waals surface area contributed by atoms with Crippen molar-refractivity contribution in [2.45, 2.75) is 6.04 Å². The van der Waals surface area contributed by atoms with Crippen molar-refractivity contribution in [3.05, 3.63) is 83.4 Å². The molecule has 1 heterocycles. The van der Waals surface area contributed by atoms with Crippen LogP contribution in [0.15, 0.2) is 60.9 Å². The van der Waals surface area contributed by atoms with Gasteiger partial charge in [-0.05, 0) is 24.3 Å². The molecule has 1 amide bonds. The Balaban J connectivity index is 2.00. The number of ether oxygens (including phenoxy) is 1. The molecule has 6 heteroatoms. The molecule has 0 spiro atoms. The molecule has 130 valence electrons. The van der Waals surface area contributed by atoms with Gasteiger partial charge in [0.15, 0.2) is 0 Å². The van der Waals surface area contributed by atoms with Crippen LogP contribution in [0, 0.1) is 11.3 Å². The SMILES string of the molecule is COc1ccccc1[C@H](NC(=O)c1cccc(C#N)c1)c1nccn1C. The Bertz CT molecular complexity index is 972. The maximum absolute atomic E-state index is 12.8. The van der Waals surface area contributed by atoms with Gasteiger partial charge in [-0.2, -0.15) is 5.26 Å². The Morgan fingerprint density at radius 1 is 1.27 bits per heavy atom. The van der Waals surface area contributed by atoms with Crippen LogP contribution in [0.25, 0.3) is 0 Å². The fourth-order valence-corrected chi connectivity index (χ4v) is 2.79. The average Bonchev–Trinajstić information content (AvgIpc) is 3.11. The predicted molar refractivity (Wildman–Crippen MR) is 96.7 cm³/mol. The molecule has 1 N–H and O–H groups in total. The summed E-state index contributed by atoms with van der Waals surface area (Å²) in [5.74, 6) is 1.05. The summed E-state index contributed by atoms with van der Waals surface area (Å²) in [4.78, 5) is 17.2. The number of benzene rings is 2. The van der Waals surface area contributed by atoms with Crippen molar-refractivity contribution in [1.29, 1.82) is 5.26 Å². The molecule has 0 fully saturated rings. The number of carbonyl (C=O) groups excluding carboxylic acids is 1. The first-order chi connectivity index (χ1) is 12.6. The lowest BCUT2D eigenvalue weighted by molar-refractivity contribution is 0.0940. The second kappa shape index (κ2) is 7.53. The first-order valence-electron chi connectivity index (χ1n) is 8.05. The topological polar surface area (TPSA) is 79.9 Å². The molecule has 0 saturated carbocycles. The van der Waals surface area contributed by atoms with E-state index in [0.29, 0.717) is 22.7 Å². The summed E-state index contributed by atoms with van der Waals surface area (Å²) in [6.07, 6.45) is 3.50. The summed E-state index contributed by atoms with van der Waals surface area (Å²) in [5, 5.41) is 12.1. The summed E-state index contributed by atoms with van der Waals surface area (Å²) in [5.41, 5.74) is 1.65. The molecule has 1 atom stereocenters. The maximum Gasteiger partial charge on any atom is 0.252 e. The van der Waals surface area contributed by atoms with Gasteiger partial charge >= 0.3 is 0 Å². The predicted octanol–water partition coefficient (Wildman–Crippen LogP) is 2.82. The minimum Gasteiger partial charge on any atom is -0.496 e. The molecule has 0 bridgehead atoms. The summed E-state index contributed by atoms with van der Waals surface area (Å²) >= 11 is 0. The molecule has 2 aromatic carbocycles. The number of aryl methyl sites for hydroxylation is 1. The van der Waals surface area contributed by atoms with Crippen molar-refractivity contribution in [3.63, 3.8) is 0 Å². The molecule has 0 saturated heterocycles. The van der Waals surface area contributed by atoms with Crippen LogP contribution in [0.3, 0.4) is 0 Å². The Kier molecular flexibility index (Phi) is 4.99. The smallest absolute Gasteiger partial charge is 0.252 e. The zero-order chi connectivity index (χ0) is 18.5. The summed E-state index contributed by atoms with van der Waals surface area (Å²) in [6.45, 7) is 0. The number of carbonyl (C=O) groups is 1. The van der Waals surface area contributed by atoms with Gasteiger partial charge in [-0.1, -0.05) is 24.3 Å². The summed E-state index contributed by atoms with van der Waals surface area (Å²) in [7, 11) is 3.46. The normalized spacial score (nSPS) is 11.4. The molecule has 6 nitrogen and oxygen atoms in total. The van der Waals surface area contributed by atoms with Gasteiger partial charge in [-0.15, -0.1) is 0 Å². The minimum absolute atomic E-state index is 0.291. The van der Waals surface area contributed by atoms with Gasteiger partial charge in [0.25, 0.3) is 5.91 Å². The van der Waals surface area contributed by atoms with Gasteiger partial charge in [-0.3, -0.25) is 4.79 Å². The van der Waals surface area contributed by atoms with Crippen LogP contribution in [-0.4, -0.2) is 22.6 Å². The van der Waals surface area contributed by atoms with Crippen molar-refractivity contribution in [3.8, 4) is 11.8 Å². The van der Waals surface area contributed by atoms with E-state index in [0.717, 1.165) is 5.56 Å². The Morgan fingerprint density at radius 3 is 2.77 bits per heavy atom. The Hall–Kier alpha value is -3.59. The third-order valence-electron chi connectivity index (χ3n) is 4.10. The molecule has 0 aliphatic carbocycles. The lowest BCUT2D eigenvalue weighted by Gasteiger charge is -2.21. The van der Waals surface area contributed by atoms with Crippen molar-refractivity contribution in [2.75, 3.05) is 7.11 Å². The highest BCUT2D eigenvalue weighted by Gasteiger charge is 2.24. The van der Waals surface area contributed by atoms with E-state index >= 15 is 0 Å². The molecule has 0 aliphatic rings. The van der Waals surface area contributed by atoms with Crippen LogP contribution < -0.4 is 10.1 Å². The fraction of sp³-hybridized carbons (Fsp3) is 0.150. The fourth-order valence-electron chi connectivity index (χ4n) is 2.79. The van der Waals surface area contributed by atoms with Crippen LogP contribution in [0.1, 0.15) is 33.4 Å². The first kappa shape index (κ1) is 17.2. The molecule has 0 radical (unpaired) electrons. The summed E-state index contributed by atoms with van der Waals surface area (Å²) < 4.78 is 7.31. The Morgan fingerprint density at radius 2 is 2.08 bits per heavy atom. The summed E-state index contributed by atoms with van der Waals surface area (Å²) in [6, 6.07) is 15.6. The lowest BCUT2D eigenvalue weighted by atomic mass is 10.0. The monoisotopic (exact) mass is 346 g/mol. The van der Waals surface area contributed by atoms with Crippen LogP contribution in [0.2, 0.25) is 0 Å². The second-order valence-electron chi connectivity index (χ2n) is 5.74. The van der Waals surface area contributed by atoms with E-state index in [1.807, 2.05) is 48.1 Å². The number of nitrogens with zero attached hydrogens (tertiary/aromatic N) is 3. The van der Waals surface area contributed by atoms with Gasteiger partial charge in [-0.25, -0.2) is 4.98 Å². The van der Waals surface area contributed by atoms with E-state index in [-0.39, 0.29) is 5.91 Å². The van der Waals surface area contributed by atoms with Crippen molar-refractivity contribution < 1.29 is 9.53 Å². The van der Waals surface area contributed by atoms with E-state index in [4.69, 9.17) is 10.00 Å². The third kappa shape index (κ3) is 3.42. The lowest BCUT2D eigenvalue weighted by Crippen LogP contribution is -2.31. The van der Waals surface area contributed by atoms with Crippen molar-refractivity contribution >= 4 is 5.91 Å². The highest BCUT2D eigenvalue weighted by molar-refractivity contribution is 5.95. The van der Waals surface area contributed by atoms with Crippen LogP contribution >= 0.6 is 0 Å². The van der Waals surface area contributed by atoms with Gasteiger partial charge in [0.05, 0.1) is 18.7 Å². The van der Waals surface area contributed by atoms with Crippen LogP contribution in [-0.2, 0) is 7.05 Å². The number of hydrogen-bond donors (Lipinski definition) is 1. The zero-order valence-corrected chi connectivity index (χ0v) is 14.5. The van der Waals surface area contributed by atoms with Gasteiger partial charge in [0.2, 0.25) is 0 Å². The van der Waals surface area contributed by atoms with E-state index in [2.05, 4.69) is 10.3 Å². The van der Waals surface area contributed by atoms with Gasteiger partial charge in [0.1, 0.15) is 17.6 Å². The van der Waals surface area contributed by atoms with Crippen molar-refractivity contribution in [2.24, 2.45) is 7.05 Å². The quantitative estimate of drug-likeness (QED) is 0.770. The first-order valence-corrected chi connectivity index (χ1v) is 8.05. The van der Waals surface area contributed by atoms with Crippen LogP contribution in [0.4, 0.5) is 0 Å². The number of imidazole rings is 1. The molecule has 3 aromatic rings. The minimum atomic E-state index is -0.496. The van der Waals surface area contributed by atoms with E-state index in [1.165, 1.54) is 0 Å². The number of nitrogens with one attached hydrogen (secondary N) is 1. The van der Waals surface area contributed by atoms with Gasteiger partial charge < -0.3 is 14.6 Å². The van der Waals surface area contributed by atoms with Crippen LogP contribution in [0.5, 0.6) is 5.75 Å². The average molecular weight is 346 g/mol. The highest BCUT2D eigenvalue weighted by Crippen LogP contribution is 2.29. The van der Waals surface area contributed by atoms with E-state index in [9.17, 15) is 4.79 Å². The Labute approximate surface area is 151 Å². The number of para-hydroxylation sites is 1. The molecule has 0 unspecified atom stereocenters. The second-order valence-corrected chi connectivity index (χ2v) is 5.74. The number of rotatable bonds is 5. The number of methoxy groups -OCH3 is 1. The molecule has 0 aliphatic heterocycles. The molecular weight excluding hydrogens is 328 g/mol. The highest BCUT2D eigenvalue weighted by atomic mass is 16.5. The third-order valence-corrected chi connectivity index (χ3v) is 4.10. The number of amides is 1. The zero-order valence-electron chi connectivity index (χ0n) is 14.5.